The smallest absolute Gasteiger partial charge is 0.410 e. The number of rotatable bonds is 2. The minimum Gasteiger partial charge on any atom is -0.495 e. The predicted molar refractivity (Wildman–Crippen MR) is 103 cm³/mol. The predicted octanol–water partition coefficient (Wildman–Crippen LogP) is 4.81. The molecule has 1 aliphatic heterocycles. The molecule has 1 heterocycles. The maximum atomic E-state index is 12.1. The first-order valence-corrected chi connectivity index (χ1v) is 9.13. The van der Waals surface area contributed by atoms with Crippen LogP contribution >= 0.6 is 0 Å². The highest BCUT2D eigenvalue weighted by Crippen LogP contribution is 2.32. The number of benzene rings is 1. The maximum Gasteiger partial charge on any atom is 0.410 e. The standard InChI is InChI=1S/C17H26N2O3.C3H8/c1-17(2,3)22-16(20)19-9-7-12(8-10-19)13-5-6-14(18)15(11-13)21-4;1-3-2/h5-6,11-12H,7-10,18H2,1-4H3;3H2,1-2H3. The van der Waals surface area contributed by atoms with E-state index in [2.05, 4.69) is 13.8 Å². The zero-order valence-corrected chi connectivity index (χ0v) is 16.6. The zero-order valence-electron chi connectivity index (χ0n) is 16.6. The lowest BCUT2D eigenvalue weighted by atomic mass is 9.89. The number of carbonyl (C=O) groups excluding carboxylic acids is 1. The Kier molecular flexibility index (Phi) is 8.07. The lowest BCUT2D eigenvalue weighted by Crippen LogP contribution is -2.41. The normalized spacial score (nSPS) is 15.2. The van der Waals surface area contributed by atoms with Crippen LogP contribution in [-0.4, -0.2) is 36.8 Å². The highest BCUT2D eigenvalue weighted by molar-refractivity contribution is 5.68. The Bertz CT molecular complexity index is 544. The van der Waals surface area contributed by atoms with Crippen LogP contribution < -0.4 is 10.5 Å². The van der Waals surface area contributed by atoms with E-state index in [1.54, 1.807) is 12.0 Å². The minimum absolute atomic E-state index is 0.221. The lowest BCUT2D eigenvalue weighted by molar-refractivity contribution is 0.0205. The summed E-state index contributed by atoms with van der Waals surface area (Å²) < 4.78 is 10.7. The SMILES string of the molecule is CCC.COc1cc(C2CCN(C(=O)OC(C)(C)C)CC2)ccc1N. The summed E-state index contributed by atoms with van der Waals surface area (Å²) in [5.41, 5.74) is 7.28. The van der Waals surface area contributed by atoms with Gasteiger partial charge in [-0.15, -0.1) is 0 Å². The largest absolute Gasteiger partial charge is 0.495 e. The van der Waals surface area contributed by atoms with Crippen LogP contribution in [0.5, 0.6) is 5.75 Å². The lowest BCUT2D eigenvalue weighted by Gasteiger charge is -2.33. The van der Waals surface area contributed by atoms with E-state index in [0.29, 0.717) is 30.4 Å². The molecular weight excluding hydrogens is 316 g/mol. The molecule has 25 heavy (non-hydrogen) atoms. The molecular formula is C20H34N2O3. The van der Waals surface area contributed by atoms with Crippen LogP contribution in [-0.2, 0) is 4.74 Å². The second kappa shape index (κ2) is 9.54. The number of piperidine rings is 1. The quantitative estimate of drug-likeness (QED) is 0.778. The molecule has 0 unspecified atom stereocenters. The molecule has 0 bridgehead atoms. The third kappa shape index (κ3) is 6.85. The van der Waals surface area contributed by atoms with Gasteiger partial charge in [-0.3, -0.25) is 0 Å². The van der Waals surface area contributed by atoms with Crippen LogP contribution in [0.2, 0.25) is 0 Å². The van der Waals surface area contributed by atoms with Crippen molar-refractivity contribution in [1.29, 1.82) is 0 Å². The Morgan fingerprint density at radius 3 is 2.28 bits per heavy atom. The first-order valence-electron chi connectivity index (χ1n) is 9.13. The van der Waals surface area contributed by atoms with Gasteiger partial charge in [0.05, 0.1) is 12.8 Å². The van der Waals surface area contributed by atoms with Gasteiger partial charge in [-0.2, -0.15) is 0 Å². The van der Waals surface area contributed by atoms with Gasteiger partial charge in [0.1, 0.15) is 11.4 Å². The highest BCUT2D eigenvalue weighted by Gasteiger charge is 2.27. The average molecular weight is 351 g/mol. The van der Waals surface area contributed by atoms with Gasteiger partial charge in [0.15, 0.2) is 0 Å². The summed E-state index contributed by atoms with van der Waals surface area (Å²) in [5.74, 6) is 1.14. The van der Waals surface area contributed by atoms with Gasteiger partial charge in [-0.1, -0.05) is 26.3 Å². The molecule has 1 saturated heterocycles. The average Bonchev–Trinajstić information content (AvgIpc) is 2.54. The third-order valence-electron chi connectivity index (χ3n) is 3.88. The summed E-state index contributed by atoms with van der Waals surface area (Å²) in [4.78, 5) is 13.9. The van der Waals surface area contributed by atoms with E-state index in [1.165, 1.54) is 12.0 Å². The monoisotopic (exact) mass is 350 g/mol. The van der Waals surface area contributed by atoms with Gasteiger partial charge in [0, 0.05) is 13.1 Å². The van der Waals surface area contributed by atoms with Gasteiger partial charge in [0.2, 0.25) is 0 Å². The van der Waals surface area contributed by atoms with Gasteiger partial charge in [-0.05, 0) is 57.2 Å². The van der Waals surface area contributed by atoms with Crippen molar-refractivity contribution in [2.75, 3.05) is 25.9 Å². The summed E-state index contributed by atoms with van der Waals surface area (Å²) >= 11 is 0. The Hall–Kier alpha value is -1.91. The fourth-order valence-corrected chi connectivity index (χ4v) is 2.70. The van der Waals surface area contributed by atoms with E-state index in [-0.39, 0.29) is 6.09 Å². The molecule has 1 fully saturated rings. The molecule has 0 saturated carbocycles. The third-order valence-corrected chi connectivity index (χ3v) is 3.88. The number of anilines is 1. The van der Waals surface area contributed by atoms with E-state index in [0.717, 1.165) is 12.8 Å². The maximum absolute atomic E-state index is 12.1. The summed E-state index contributed by atoms with van der Waals surface area (Å²) in [5, 5.41) is 0. The Labute approximate surface area is 152 Å². The number of ether oxygens (including phenoxy) is 2. The van der Waals surface area contributed by atoms with Crippen LogP contribution in [0, 0.1) is 0 Å². The number of amides is 1. The van der Waals surface area contributed by atoms with Gasteiger partial charge in [0.25, 0.3) is 0 Å². The van der Waals surface area contributed by atoms with Crippen LogP contribution in [0.25, 0.3) is 0 Å². The summed E-state index contributed by atoms with van der Waals surface area (Å²) in [6, 6.07) is 5.93. The molecule has 5 nitrogen and oxygen atoms in total. The Morgan fingerprint density at radius 2 is 1.80 bits per heavy atom. The van der Waals surface area contributed by atoms with Crippen molar-refractivity contribution in [2.45, 2.75) is 65.4 Å². The van der Waals surface area contributed by atoms with E-state index in [4.69, 9.17) is 15.2 Å². The Morgan fingerprint density at radius 1 is 1.24 bits per heavy atom. The molecule has 0 aliphatic carbocycles. The van der Waals surface area contributed by atoms with E-state index in [9.17, 15) is 4.79 Å². The topological polar surface area (TPSA) is 64.8 Å². The van der Waals surface area contributed by atoms with Crippen molar-refractivity contribution in [3.8, 4) is 5.75 Å². The van der Waals surface area contributed by atoms with Crippen molar-refractivity contribution in [1.82, 2.24) is 4.90 Å². The van der Waals surface area contributed by atoms with Crippen molar-refractivity contribution in [3.63, 3.8) is 0 Å². The van der Waals surface area contributed by atoms with Gasteiger partial charge >= 0.3 is 6.09 Å². The summed E-state index contributed by atoms with van der Waals surface area (Å²) in [6.45, 7) is 11.3. The first kappa shape index (κ1) is 21.1. The van der Waals surface area contributed by atoms with Crippen molar-refractivity contribution in [2.24, 2.45) is 0 Å². The number of hydrogen-bond donors (Lipinski definition) is 1. The number of hydrogen-bond acceptors (Lipinski definition) is 4. The van der Waals surface area contributed by atoms with Gasteiger partial charge < -0.3 is 20.1 Å². The number of nitrogens with two attached hydrogens (primary N) is 1. The molecule has 0 radical (unpaired) electrons. The van der Waals surface area contributed by atoms with Crippen LogP contribution in [0.3, 0.4) is 0 Å². The van der Waals surface area contributed by atoms with Crippen LogP contribution in [0.15, 0.2) is 18.2 Å². The second-order valence-electron chi connectivity index (χ2n) is 7.45. The summed E-state index contributed by atoms with van der Waals surface area (Å²) in [6.07, 6.45) is 2.87. The molecule has 1 aliphatic rings. The van der Waals surface area contributed by atoms with Crippen LogP contribution in [0.4, 0.5) is 10.5 Å². The van der Waals surface area contributed by atoms with Crippen molar-refractivity contribution < 1.29 is 14.3 Å². The molecule has 5 heteroatoms. The Balaban J connectivity index is 0.000000970. The number of carbonyl (C=O) groups is 1. The second-order valence-corrected chi connectivity index (χ2v) is 7.45. The van der Waals surface area contributed by atoms with Crippen molar-refractivity contribution in [3.05, 3.63) is 23.8 Å². The molecule has 0 aromatic heterocycles. The first-order chi connectivity index (χ1) is 11.7. The molecule has 2 N–H and O–H groups in total. The molecule has 0 spiro atoms. The van der Waals surface area contributed by atoms with E-state index >= 15 is 0 Å². The van der Waals surface area contributed by atoms with Crippen molar-refractivity contribution >= 4 is 11.8 Å². The number of likely N-dealkylation sites (tertiary alicyclic amines) is 1. The van der Waals surface area contributed by atoms with E-state index in [1.807, 2.05) is 39.0 Å². The fraction of sp³-hybridized carbons (Fsp3) is 0.650. The van der Waals surface area contributed by atoms with Crippen LogP contribution in [0.1, 0.15) is 65.4 Å². The minimum atomic E-state index is -0.446. The molecule has 1 aromatic carbocycles. The van der Waals surface area contributed by atoms with E-state index < -0.39 is 5.60 Å². The molecule has 0 atom stereocenters. The fourth-order valence-electron chi connectivity index (χ4n) is 2.70. The number of nitrogen functional groups attached to an aromatic ring is 1. The zero-order chi connectivity index (χ0) is 19.0. The van der Waals surface area contributed by atoms with Gasteiger partial charge in [-0.25, -0.2) is 4.79 Å². The number of nitrogens with zero attached hydrogens (tertiary/aromatic N) is 1. The highest BCUT2D eigenvalue weighted by atomic mass is 16.6. The number of methoxy groups -OCH3 is 1. The molecule has 1 amide bonds. The molecule has 1 aromatic rings. The molecule has 142 valence electrons. The summed E-state index contributed by atoms with van der Waals surface area (Å²) in [7, 11) is 1.63. The molecule has 2 rings (SSSR count).